The highest BCUT2D eigenvalue weighted by Crippen LogP contribution is 2.30. The molecular formula is C17H11NO. The average molecular weight is 245 g/mol. The summed E-state index contributed by atoms with van der Waals surface area (Å²) in [4.78, 5) is 4.25. The lowest BCUT2D eigenvalue weighted by Crippen LogP contribution is -1.82. The minimum absolute atomic E-state index is 0.667. The summed E-state index contributed by atoms with van der Waals surface area (Å²) in [5, 5.41) is 4.85. The summed E-state index contributed by atoms with van der Waals surface area (Å²) in [6, 6.07) is 19.0. The fourth-order valence-electron chi connectivity index (χ4n) is 2.51. The molecule has 0 aliphatic carbocycles. The second kappa shape index (κ2) is 3.95. The van der Waals surface area contributed by atoms with Gasteiger partial charge in [0, 0.05) is 5.56 Å². The summed E-state index contributed by atoms with van der Waals surface area (Å²) in [6.45, 7) is 0. The van der Waals surface area contributed by atoms with Crippen molar-refractivity contribution in [3.05, 3.63) is 67.1 Å². The maximum Gasteiger partial charge on any atom is 0.226 e. The van der Waals surface area contributed by atoms with Crippen molar-refractivity contribution < 1.29 is 4.42 Å². The fraction of sp³-hybridized carbons (Fsp3) is 0. The second-order valence-corrected chi connectivity index (χ2v) is 4.56. The van der Waals surface area contributed by atoms with E-state index in [1.807, 2.05) is 12.1 Å². The molecule has 0 N–H and O–H groups in total. The number of hydrogen-bond acceptors (Lipinski definition) is 2. The molecule has 0 aliphatic rings. The SMILES string of the molecule is c1ccc2cc3c(-c4ncco4)cccc3cc2c1. The van der Waals surface area contributed by atoms with Crippen LogP contribution < -0.4 is 0 Å². The standard InChI is InChI=1S/C17H11NO/c1-2-5-13-11-16-14(10-12(13)4-1)6-3-7-15(16)17-18-8-9-19-17/h1-11H. The number of benzene rings is 3. The van der Waals surface area contributed by atoms with Gasteiger partial charge in [0.05, 0.1) is 6.20 Å². The molecule has 4 rings (SSSR count). The first-order valence-electron chi connectivity index (χ1n) is 6.23. The molecule has 0 atom stereocenters. The molecule has 90 valence electrons. The lowest BCUT2D eigenvalue weighted by molar-refractivity contribution is 0.575. The first-order valence-corrected chi connectivity index (χ1v) is 6.23. The number of fused-ring (bicyclic) bond motifs is 2. The number of hydrogen-bond donors (Lipinski definition) is 0. The molecule has 0 saturated heterocycles. The van der Waals surface area contributed by atoms with Gasteiger partial charge in [0.1, 0.15) is 6.26 Å². The van der Waals surface area contributed by atoms with Crippen LogP contribution in [0.4, 0.5) is 0 Å². The molecule has 3 aromatic carbocycles. The molecule has 19 heavy (non-hydrogen) atoms. The number of aromatic nitrogens is 1. The van der Waals surface area contributed by atoms with Gasteiger partial charge in [0.25, 0.3) is 0 Å². The van der Waals surface area contributed by atoms with Crippen LogP contribution in [0.25, 0.3) is 33.0 Å². The van der Waals surface area contributed by atoms with Gasteiger partial charge in [-0.05, 0) is 39.7 Å². The van der Waals surface area contributed by atoms with E-state index in [0.29, 0.717) is 5.89 Å². The largest absolute Gasteiger partial charge is 0.445 e. The summed E-state index contributed by atoms with van der Waals surface area (Å²) in [5.74, 6) is 0.667. The van der Waals surface area contributed by atoms with E-state index in [-0.39, 0.29) is 0 Å². The smallest absolute Gasteiger partial charge is 0.226 e. The van der Waals surface area contributed by atoms with Crippen molar-refractivity contribution in [3.8, 4) is 11.5 Å². The average Bonchev–Trinajstić information content (AvgIpc) is 2.98. The molecular weight excluding hydrogens is 234 g/mol. The zero-order valence-corrected chi connectivity index (χ0v) is 10.2. The van der Waals surface area contributed by atoms with Gasteiger partial charge in [0.15, 0.2) is 0 Å². The first kappa shape index (κ1) is 10.3. The molecule has 2 heteroatoms. The van der Waals surface area contributed by atoms with Crippen molar-refractivity contribution in [2.24, 2.45) is 0 Å². The molecule has 1 heterocycles. The summed E-state index contributed by atoms with van der Waals surface area (Å²) >= 11 is 0. The maximum atomic E-state index is 5.43. The molecule has 0 aliphatic heterocycles. The van der Waals surface area contributed by atoms with Crippen LogP contribution in [0.5, 0.6) is 0 Å². The Hall–Kier alpha value is -2.61. The van der Waals surface area contributed by atoms with Crippen molar-refractivity contribution in [1.82, 2.24) is 4.98 Å². The van der Waals surface area contributed by atoms with Crippen molar-refractivity contribution in [2.75, 3.05) is 0 Å². The second-order valence-electron chi connectivity index (χ2n) is 4.56. The predicted molar refractivity (Wildman–Crippen MR) is 77.0 cm³/mol. The Morgan fingerprint density at radius 3 is 2.37 bits per heavy atom. The fourth-order valence-corrected chi connectivity index (χ4v) is 2.51. The van der Waals surface area contributed by atoms with Crippen LogP contribution in [-0.4, -0.2) is 4.98 Å². The number of oxazole rings is 1. The highest BCUT2D eigenvalue weighted by molar-refractivity contribution is 6.03. The topological polar surface area (TPSA) is 26.0 Å². The quantitative estimate of drug-likeness (QED) is 0.456. The van der Waals surface area contributed by atoms with Crippen molar-refractivity contribution in [3.63, 3.8) is 0 Å². The van der Waals surface area contributed by atoms with E-state index >= 15 is 0 Å². The van der Waals surface area contributed by atoms with Gasteiger partial charge in [-0.15, -0.1) is 0 Å². The van der Waals surface area contributed by atoms with E-state index in [1.54, 1.807) is 12.5 Å². The van der Waals surface area contributed by atoms with Crippen LogP contribution in [-0.2, 0) is 0 Å². The Morgan fingerprint density at radius 1 is 0.789 bits per heavy atom. The lowest BCUT2D eigenvalue weighted by atomic mass is 10.00. The molecule has 1 aromatic heterocycles. The van der Waals surface area contributed by atoms with Crippen molar-refractivity contribution >= 4 is 21.5 Å². The van der Waals surface area contributed by atoms with E-state index in [9.17, 15) is 0 Å². The molecule has 4 aromatic rings. The van der Waals surface area contributed by atoms with E-state index in [0.717, 1.165) is 5.56 Å². The Bertz CT molecular complexity index is 863. The van der Waals surface area contributed by atoms with Gasteiger partial charge in [-0.25, -0.2) is 4.98 Å². The van der Waals surface area contributed by atoms with Gasteiger partial charge in [-0.1, -0.05) is 36.4 Å². The van der Waals surface area contributed by atoms with Crippen LogP contribution >= 0.6 is 0 Å². The summed E-state index contributed by atoms with van der Waals surface area (Å²) < 4.78 is 5.43. The summed E-state index contributed by atoms with van der Waals surface area (Å²) in [7, 11) is 0. The van der Waals surface area contributed by atoms with Crippen LogP contribution in [0.3, 0.4) is 0 Å². The van der Waals surface area contributed by atoms with Crippen LogP contribution in [0.1, 0.15) is 0 Å². The third-order valence-electron chi connectivity index (χ3n) is 3.41. The van der Waals surface area contributed by atoms with Gasteiger partial charge in [-0.2, -0.15) is 0 Å². The molecule has 0 radical (unpaired) electrons. The molecule has 0 bridgehead atoms. The number of rotatable bonds is 1. The van der Waals surface area contributed by atoms with E-state index in [1.165, 1.54) is 21.5 Å². The van der Waals surface area contributed by atoms with E-state index < -0.39 is 0 Å². The third kappa shape index (κ3) is 1.61. The lowest BCUT2D eigenvalue weighted by Gasteiger charge is -2.05. The van der Waals surface area contributed by atoms with Gasteiger partial charge >= 0.3 is 0 Å². The zero-order chi connectivity index (χ0) is 12.7. The van der Waals surface area contributed by atoms with Gasteiger partial charge in [-0.3, -0.25) is 0 Å². The van der Waals surface area contributed by atoms with Crippen molar-refractivity contribution in [1.29, 1.82) is 0 Å². The Balaban J connectivity index is 2.12. The highest BCUT2D eigenvalue weighted by atomic mass is 16.3. The molecule has 0 unspecified atom stereocenters. The van der Waals surface area contributed by atoms with Gasteiger partial charge < -0.3 is 4.42 Å². The Morgan fingerprint density at radius 2 is 1.58 bits per heavy atom. The predicted octanol–water partition coefficient (Wildman–Crippen LogP) is 4.65. The minimum atomic E-state index is 0.667. The van der Waals surface area contributed by atoms with Crippen molar-refractivity contribution in [2.45, 2.75) is 0 Å². The Labute approximate surface area is 110 Å². The van der Waals surface area contributed by atoms with Crippen LogP contribution in [0.15, 0.2) is 71.5 Å². The summed E-state index contributed by atoms with van der Waals surface area (Å²) in [5.41, 5.74) is 1.04. The summed E-state index contributed by atoms with van der Waals surface area (Å²) in [6.07, 6.45) is 3.28. The normalized spacial score (nSPS) is 11.2. The Kier molecular flexibility index (Phi) is 2.15. The zero-order valence-electron chi connectivity index (χ0n) is 10.2. The van der Waals surface area contributed by atoms with Crippen LogP contribution in [0, 0.1) is 0 Å². The monoisotopic (exact) mass is 245 g/mol. The van der Waals surface area contributed by atoms with Gasteiger partial charge in [0.2, 0.25) is 5.89 Å². The minimum Gasteiger partial charge on any atom is -0.445 e. The molecule has 2 nitrogen and oxygen atoms in total. The highest BCUT2D eigenvalue weighted by Gasteiger charge is 2.08. The molecule has 0 saturated carbocycles. The third-order valence-corrected chi connectivity index (χ3v) is 3.41. The maximum absolute atomic E-state index is 5.43. The molecule has 0 spiro atoms. The first-order chi connectivity index (χ1) is 9.42. The van der Waals surface area contributed by atoms with Crippen LogP contribution in [0.2, 0.25) is 0 Å². The van der Waals surface area contributed by atoms with E-state index in [4.69, 9.17) is 4.42 Å². The number of nitrogens with zero attached hydrogens (tertiary/aromatic N) is 1. The van der Waals surface area contributed by atoms with E-state index in [2.05, 4.69) is 47.4 Å². The molecule has 0 fully saturated rings. The molecule has 0 amide bonds.